The summed E-state index contributed by atoms with van der Waals surface area (Å²) in [6.45, 7) is 3.39. The molecule has 17 heteroatoms. The number of aromatic nitrogens is 1. The Morgan fingerprint density at radius 3 is 2.40 bits per heavy atom. The van der Waals surface area contributed by atoms with Gasteiger partial charge in [0.1, 0.15) is 16.4 Å². The van der Waals surface area contributed by atoms with Gasteiger partial charge in [0.05, 0.1) is 34.8 Å². The number of alkyl halides is 6. The Kier molecular flexibility index (Phi) is 12.4. The molecule has 0 radical (unpaired) electrons. The second kappa shape index (κ2) is 16.5. The second-order valence-electron chi connectivity index (χ2n) is 13.8. The van der Waals surface area contributed by atoms with E-state index in [1.54, 1.807) is 38.1 Å². The van der Waals surface area contributed by atoms with Crippen LogP contribution in [0.15, 0.2) is 54.2 Å². The lowest BCUT2D eigenvalue weighted by Crippen LogP contribution is -2.68. The number of pyridine rings is 1. The number of carbonyl (C=O) groups is 3. The molecule has 0 bridgehead atoms. The van der Waals surface area contributed by atoms with Crippen molar-refractivity contribution >= 4 is 29.1 Å². The molecule has 2 aromatic heterocycles. The number of nitriles is 1. The van der Waals surface area contributed by atoms with E-state index in [4.69, 9.17) is 14.6 Å². The quantitative estimate of drug-likeness (QED) is 0.182. The minimum atomic E-state index is -4.90. The number of piperidine rings is 2. The van der Waals surface area contributed by atoms with Gasteiger partial charge in [0.15, 0.2) is 0 Å². The Morgan fingerprint density at radius 2 is 1.78 bits per heavy atom. The summed E-state index contributed by atoms with van der Waals surface area (Å²) in [5.41, 5.74) is -4.55. The van der Waals surface area contributed by atoms with E-state index in [1.807, 2.05) is 0 Å². The Bertz CT molecular complexity index is 1900. The number of halogens is 6. The van der Waals surface area contributed by atoms with Crippen LogP contribution in [-0.4, -0.2) is 75.1 Å². The highest BCUT2D eigenvalue weighted by atomic mass is 32.1. The molecule has 10 nitrogen and oxygen atoms in total. The first-order valence-corrected chi connectivity index (χ1v) is 18.7. The number of nitrogens with zero attached hydrogens (tertiary/aromatic N) is 4. The van der Waals surface area contributed by atoms with Crippen molar-refractivity contribution in [1.29, 1.82) is 5.26 Å². The van der Waals surface area contributed by atoms with Gasteiger partial charge in [0, 0.05) is 61.9 Å². The van der Waals surface area contributed by atoms with Crippen LogP contribution in [0.5, 0.6) is 11.5 Å². The average molecular weight is 795 g/mol. The molecule has 2 fully saturated rings. The fraction of sp³-hybridized carbons (Fsp3) is 0.500. The molecule has 0 saturated carbocycles. The lowest BCUT2D eigenvalue weighted by Gasteiger charge is -2.51. The lowest BCUT2D eigenvalue weighted by atomic mass is 9.72. The third-order valence-electron chi connectivity index (χ3n) is 10.2. The van der Waals surface area contributed by atoms with E-state index in [0.29, 0.717) is 35.1 Å². The molecule has 3 aromatic rings. The second-order valence-corrected chi connectivity index (χ2v) is 14.7. The first-order chi connectivity index (χ1) is 26.0. The summed E-state index contributed by atoms with van der Waals surface area (Å²) in [4.78, 5) is 45.5. The maximum Gasteiger partial charge on any atom is 0.425 e. The van der Waals surface area contributed by atoms with Gasteiger partial charge in [-0.2, -0.15) is 31.6 Å². The average Bonchev–Trinajstić information content (AvgIpc) is 3.63. The summed E-state index contributed by atoms with van der Waals surface area (Å²) in [6, 6.07) is 9.50. The van der Waals surface area contributed by atoms with Crippen molar-refractivity contribution in [1.82, 2.24) is 14.8 Å². The van der Waals surface area contributed by atoms with Crippen molar-refractivity contribution in [2.24, 2.45) is 0 Å². The Labute approximate surface area is 317 Å². The van der Waals surface area contributed by atoms with Crippen LogP contribution in [-0.2, 0) is 27.4 Å². The van der Waals surface area contributed by atoms with Gasteiger partial charge in [-0.1, -0.05) is 31.5 Å². The maximum absolute atomic E-state index is 15.0. The zero-order chi connectivity index (χ0) is 40.2. The third-order valence-corrected chi connectivity index (χ3v) is 11.1. The molecule has 1 N–H and O–H groups in total. The number of hydrogen-bond donors (Lipinski definition) is 1. The van der Waals surface area contributed by atoms with Crippen LogP contribution in [0.4, 0.5) is 26.3 Å². The van der Waals surface area contributed by atoms with Crippen LogP contribution < -0.4 is 9.47 Å². The summed E-state index contributed by atoms with van der Waals surface area (Å²) in [5, 5.41) is 20.8. The summed E-state index contributed by atoms with van der Waals surface area (Å²) in [6.07, 6.45) is -7.65. The van der Waals surface area contributed by atoms with Crippen molar-refractivity contribution in [3.63, 3.8) is 0 Å². The Balaban J connectivity index is 1.50. The smallest absolute Gasteiger partial charge is 0.425 e. The predicted octanol–water partition coefficient (Wildman–Crippen LogP) is 8.12. The highest BCUT2D eigenvalue weighted by Gasteiger charge is 2.57. The van der Waals surface area contributed by atoms with Crippen molar-refractivity contribution < 1.29 is 55.3 Å². The molecular formula is C38H40F6N4O6S. The summed E-state index contributed by atoms with van der Waals surface area (Å²) >= 11 is 0.359. The van der Waals surface area contributed by atoms with Crippen molar-refractivity contribution in [2.75, 3.05) is 19.6 Å². The van der Waals surface area contributed by atoms with Gasteiger partial charge >= 0.3 is 18.3 Å². The van der Waals surface area contributed by atoms with E-state index in [9.17, 15) is 46.0 Å². The van der Waals surface area contributed by atoms with Gasteiger partial charge in [-0.3, -0.25) is 19.4 Å². The van der Waals surface area contributed by atoms with E-state index >= 15 is 0 Å². The number of likely N-dealkylation sites (tertiary alicyclic amines) is 2. The van der Waals surface area contributed by atoms with Crippen LogP contribution in [0, 0.1) is 11.3 Å². The van der Waals surface area contributed by atoms with Crippen molar-refractivity contribution in [3.05, 3.63) is 75.7 Å². The molecule has 1 aromatic carbocycles. The SMILES string of the molecule is CCCC1N(C(=O)c2cnccc2C(F)(F)F)CCCC1(Oc1csc(C(F)(F)F)c1)C(=O)N1CCC(C#N)(c2ccccc2OC(C)CCC(=O)O)CC1. The fourth-order valence-corrected chi connectivity index (χ4v) is 8.15. The Hall–Kier alpha value is -4.85. The van der Waals surface area contributed by atoms with Gasteiger partial charge in [0.2, 0.25) is 5.60 Å². The number of rotatable bonds is 12. The Morgan fingerprint density at radius 1 is 1.07 bits per heavy atom. The monoisotopic (exact) mass is 794 g/mol. The van der Waals surface area contributed by atoms with Crippen LogP contribution in [0.1, 0.15) is 91.6 Å². The zero-order valence-corrected chi connectivity index (χ0v) is 30.9. The molecule has 2 aliphatic heterocycles. The molecule has 55 heavy (non-hydrogen) atoms. The summed E-state index contributed by atoms with van der Waals surface area (Å²) < 4.78 is 95.7. The summed E-state index contributed by atoms with van der Waals surface area (Å²) in [5.74, 6) is -2.58. The number of carboxylic acid groups (broad SMARTS) is 1. The standard InChI is InChI=1S/C38H40F6N4O6S/c1-3-7-30-36(54-25-20-31(55-22-25)38(42,43)44,13-6-17-48(30)33(51)26-21-46-16-12-27(26)37(39,40)41)34(52)47-18-14-35(23-45,15-19-47)28-8-4-5-9-29(28)53-24(2)10-11-32(49)50/h4-5,8-9,12,16,20-22,24,30H,3,6-7,10-11,13-15,17-19H2,1-2H3,(H,49,50). The van der Waals surface area contributed by atoms with E-state index in [2.05, 4.69) is 11.1 Å². The van der Waals surface area contributed by atoms with Crippen LogP contribution in [0.25, 0.3) is 0 Å². The van der Waals surface area contributed by atoms with E-state index in [1.165, 1.54) is 4.90 Å². The molecule has 0 aliphatic carbocycles. The predicted molar refractivity (Wildman–Crippen MR) is 187 cm³/mol. The van der Waals surface area contributed by atoms with Crippen LogP contribution in [0.3, 0.4) is 0 Å². The molecule has 296 valence electrons. The van der Waals surface area contributed by atoms with Gasteiger partial charge < -0.3 is 24.4 Å². The first kappa shape index (κ1) is 41.3. The molecule has 2 amide bonds. The largest absolute Gasteiger partial charge is 0.490 e. The van der Waals surface area contributed by atoms with E-state index in [-0.39, 0.29) is 70.3 Å². The number of hydrogen-bond acceptors (Lipinski definition) is 8. The maximum atomic E-state index is 15.0. The fourth-order valence-electron chi connectivity index (χ4n) is 7.47. The van der Waals surface area contributed by atoms with Crippen molar-refractivity contribution in [2.45, 2.75) is 101 Å². The molecule has 2 aliphatic rings. The van der Waals surface area contributed by atoms with Gasteiger partial charge in [-0.25, -0.2) is 0 Å². The molecule has 0 spiro atoms. The minimum absolute atomic E-state index is 0.00847. The highest BCUT2D eigenvalue weighted by Crippen LogP contribution is 2.45. The normalized spacial score (nSPS) is 20.7. The van der Waals surface area contributed by atoms with E-state index < -0.39 is 69.3 Å². The van der Waals surface area contributed by atoms with Gasteiger partial charge in [-0.05, 0) is 51.2 Å². The number of benzene rings is 1. The minimum Gasteiger partial charge on any atom is -0.490 e. The first-order valence-electron chi connectivity index (χ1n) is 17.8. The highest BCUT2D eigenvalue weighted by molar-refractivity contribution is 7.10. The van der Waals surface area contributed by atoms with Crippen LogP contribution >= 0.6 is 11.3 Å². The molecule has 4 heterocycles. The molecular weight excluding hydrogens is 754 g/mol. The number of thiophene rings is 1. The lowest BCUT2D eigenvalue weighted by molar-refractivity contribution is -0.160. The van der Waals surface area contributed by atoms with Gasteiger partial charge in [-0.15, -0.1) is 11.3 Å². The van der Waals surface area contributed by atoms with E-state index in [0.717, 1.165) is 28.7 Å². The third kappa shape index (κ3) is 8.84. The molecule has 3 unspecified atom stereocenters. The molecule has 5 rings (SSSR count). The number of ether oxygens (including phenoxy) is 2. The van der Waals surface area contributed by atoms with Crippen LogP contribution in [0.2, 0.25) is 0 Å². The molecule has 2 saturated heterocycles. The number of amides is 2. The number of carboxylic acids is 1. The number of carbonyl (C=O) groups excluding carboxylic acids is 2. The van der Waals surface area contributed by atoms with Gasteiger partial charge in [0.25, 0.3) is 11.8 Å². The zero-order valence-electron chi connectivity index (χ0n) is 30.1. The van der Waals surface area contributed by atoms with Crippen molar-refractivity contribution in [3.8, 4) is 17.6 Å². The topological polar surface area (TPSA) is 133 Å². The number of aliphatic carboxylic acids is 1. The molecule has 3 atom stereocenters. The number of para-hydroxylation sites is 1. The summed E-state index contributed by atoms with van der Waals surface area (Å²) in [7, 11) is 0.